The third kappa shape index (κ3) is 4.50. The van der Waals surface area contributed by atoms with Gasteiger partial charge in [0.25, 0.3) is 10.0 Å². The van der Waals surface area contributed by atoms with Crippen LogP contribution in [0.3, 0.4) is 0 Å². The Balaban J connectivity index is 1.75. The third-order valence-corrected chi connectivity index (χ3v) is 7.03. The Hall–Kier alpha value is -3.58. The predicted octanol–water partition coefficient (Wildman–Crippen LogP) is 5.94. The Labute approximate surface area is 193 Å². The van der Waals surface area contributed by atoms with Gasteiger partial charge in [0.05, 0.1) is 4.90 Å². The summed E-state index contributed by atoms with van der Waals surface area (Å²) in [5.41, 5.74) is 4.30. The van der Waals surface area contributed by atoms with Crippen LogP contribution in [0.15, 0.2) is 71.6 Å². The average molecular weight is 463 g/mol. The second-order valence-electron chi connectivity index (χ2n) is 9.19. The van der Waals surface area contributed by atoms with Crippen LogP contribution in [0, 0.1) is 6.92 Å². The summed E-state index contributed by atoms with van der Waals surface area (Å²) in [6, 6.07) is 19.3. The maximum absolute atomic E-state index is 13.0. The van der Waals surface area contributed by atoms with Crippen molar-refractivity contribution in [1.29, 1.82) is 0 Å². The first kappa shape index (κ1) is 22.6. The maximum atomic E-state index is 13.0. The summed E-state index contributed by atoms with van der Waals surface area (Å²) < 4.78 is 28.6. The number of carboxylic acid groups (broad SMARTS) is 1. The lowest BCUT2D eigenvalue weighted by molar-refractivity contribution is 0.0692. The van der Waals surface area contributed by atoms with E-state index in [0.29, 0.717) is 22.2 Å². The van der Waals surface area contributed by atoms with Crippen LogP contribution in [0.5, 0.6) is 0 Å². The molecule has 33 heavy (non-hydrogen) atoms. The van der Waals surface area contributed by atoms with E-state index in [1.54, 1.807) is 30.3 Å². The summed E-state index contributed by atoms with van der Waals surface area (Å²) in [6.45, 7) is 8.16. The number of hydrogen-bond donors (Lipinski definition) is 3. The van der Waals surface area contributed by atoms with E-state index < -0.39 is 16.0 Å². The Bertz CT molecular complexity index is 1440. The molecule has 0 aliphatic rings. The molecule has 7 heteroatoms. The van der Waals surface area contributed by atoms with Crippen molar-refractivity contribution in [3.05, 3.63) is 83.6 Å². The van der Waals surface area contributed by atoms with Gasteiger partial charge < -0.3 is 10.1 Å². The topological polar surface area (TPSA) is 99.3 Å². The zero-order valence-electron chi connectivity index (χ0n) is 18.9. The van der Waals surface area contributed by atoms with Gasteiger partial charge in [0.2, 0.25) is 0 Å². The van der Waals surface area contributed by atoms with E-state index >= 15 is 0 Å². The SMILES string of the molecule is Cc1ccc(-c2c(C(=O)O)[nH]c3ccc(NS(=O)(=O)c4ccc(C(C)(C)C)cc4)cc23)cc1. The van der Waals surface area contributed by atoms with E-state index in [9.17, 15) is 18.3 Å². The number of anilines is 1. The molecule has 4 aromatic rings. The second kappa shape index (κ2) is 8.08. The Kier molecular flexibility index (Phi) is 5.54. The molecule has 0 unspecified atom stereocenters. The van der Waals surface area contributed by atoms with Crippen molar-refractivity contribution in [2.75, 3.05) is 4.72 Å². The molecule has 6 nitrogen and oxygen atoms in total. The molecule has 0 amide bonds. The number of aromatic amines is 1. The lowest BCUT2D eigenvalue weighted by atomic mass is 9.87. The van der Waals surface area contributed by atoms with Crippen molar-refractivity contribution < 1.29 is 18.3 Å². The standard InChI is InChI=1S/C26H26N2O4S/c1-16-5-7-17(8-6-16)23-21-15-19(11-14-22(21)27-24(23)25(29)30)28-33(31,32)20-12-9-18(10-13-20)26(2,3)4/h5-15,27-28H,1-4H3,(H,29,30). The van der Waals surface area contributed by atoms with Crippen LogP contribution in [0.4, 0.5) is 5.69 Å². The monoisotopic (exact) mass is 462 g/mol. The van der Waals surface area contributed by atoms with E-state index in [-0.39, 0.29) is 16.0 Å². The number of carboxylic acids is 1. The van der Waals surface area contributed by atoms with Gasteiger partial charge in [-0.15, -0.1) is 0 Å². The molecule has 0 spiro atoms. The van der Waals surface area contributed by atoms with Crippen molar-refractivity contribution in [3.8, 4) is 11.1 Å². The predicted molar refractivity (Wildman–Crippen MR) is 131 cm³/mol. The molecule has 0 saturated carbocycles. The van der Waals surface area contributed by atoms with Crippen molar-refractivity contribution in [1.82, 2.24) is 4.98 Å². The van der Waals surface area contributed by atoms with Gasteiger partial charge in [-0.3, -0.25) is 4.72 Å². The highest BCUT2D eigenvalue weighted by molar-refractivity contribution is 7.92. The number of aryl methyl sites for hydroxylation is 1. The van der Waals surface area contributed by atoms with E-state index in [1.807, 2.05) is 43.3 Å². The van der Waals surface area contributed by atoms with E-state index in [4.69, 9.17) is 0 Å². The van der Waals surface area contributed by atoms with Gasteiger partial charge in [-0.05, 0) is 53.8 Å². The minimum Gasteiger partial charge on any atom is -0.477 e. The fourth-order valence-corrected chi connectivity index (χ4v) is 4.83. The number of benzene rings is 3. The normalized spacial score (nSPS) is 12.1. The molecule has 0 saturated heterocycles. The molecular weight excluding hydrogens is 436 g/mol. The Morgan fingerprint density at radius 2 is 1.58 bits per heavy atom. The van der Waals surface area contributed by atoms with E-state index in [1.165, 1.54) is 0 Å². The smallest absolute Gasteiger partial charge is 0.352 e. The average Bonchev–Trinajstić information content (AvgIpc) is 3.13. The number of hydrogen-bond acceptors (Lipinski definition) is 3. The molecular formula is C26H26N2O4S. The number of H-pyrrole nitrogens is 1. The van der Waals surface area contributed by atoms with Crippen molar-refractivity contribution in [3.63, 3.8) is 0 Å². The van der Waals surface area contributed by atoms with E-state index in [0.717, 1.165) is 16.7 Å². The maximum Gasteiger partial charge on any atom is 0.352 e. The minimum atomic E-state index is -3.81. The first-order valence-corrected chi connectivity index (χ1v) is 12.0. The number of aromatic nitrogens is 1. The molecule has 0 fully saturated rings. The molecule has 170 valence electrons. The molecule has 0 aliphatic heterocycles. The first-order valence-electron chi connectivity index (χ1n) is 10.6. The minimum absolute atomic E-state index is 0.0617. The number of sulfonamides is 1. The molecule has 4 rings (SSSR count). The summed E-state index contributed by atoms with van der Waals surface area (Å²) in [7, 11) is -3.81. The number of rotatable bonds is 5. The molecule has 1 heterocycles. The van der Waals surface area contributed by atoms with Gasteiger partial charge in [-0.1, -0.05) is 62.7 Å². The molecule has 3 aromatic carbocycles. The fraction of sp³-hybridized carbons (Fsp3) is 0.192. The highest BCUT2D eigenvalue weighted by atomic mass is 32.2. The lowest BCUT2D eigenvalue weighted by Gasteiger charge is -2.19. The zero-order chi connectivity index (χ0) is 24.0. The van der Waals surface area contributed by atoms with Gasteiger partial charge >= 0.3 is 5.97 Å². The Morgan fingerprint density at radius 3 is 2.15 bits per heavy atom. The van der Waals surface area contributed by atoms with Crippen LogP contribution in [-0.4, -0.2) is 24.5 Å². The molecule has 0 radical (unpaired) electrons. The third-order valence-electron chi connectivity index (χ3n) is 5.64. The van der Waals surface area contributed by atoms with Crippen LogP contribution in [0.1, 0.15) is 42.4 Å². The van der Waals surface area contributed by atoms with Gasteiger partial charge in [-0.25, -0.2) is 13.2 Å². The van der Waals surface area contributed by atoms with E-state index in [2.05, 4.69) is 30.5 Å². The first-order chi connectivity index (χ1) is 15.5. The van der Waals surface area contributed by atoms with Crippen LogP contribution in [-0.2, 0) is 15.4 Å². The summed E-state index contributed by atoms with van der Waals surface area (Å²) in [5.74, 6) is -1.08. The van der Waals surface area contributed by atoms with Crippen molar-refractivity contribution >= 4 is 32.6 Å². The largest absolute Gasteiger partial charge is 0.477 e. The van der Waals surface area contributed by atoms with Gasteiger partial charge in [0.1, 0.15) is 5.69 Å². The summed E-state index contributed by atoms with van der Waals surface area (Å²) in [6.07, 6.45) is 0. The molecule has 1 aromatic heterocycles. The Morgan fingerprint density at radius 1 is 0.939 bits per heavy atom. The fourth-order valence-electron chi connectivity index (χ4n) is 3.78. The highest BCUT2D eigenvalue weighted by Gasteiger charge is 2.21. The van der Waals surface area contributed by atoms with Gasteiger partial charge in [0.15, 0.2) is 0 Å². The molecule has 0 atom stereocenters. The number of nitrogens with one attached hydrogen (secondary N) is 2. The molecule has 3 N–H and O–H groups in total. The zero-order valence-corrected chi connectivity index (χ0v) is 19.7. The summed E-state index contributed by atoms with van der Waals surface area (Å²) >= 11 is 0. The number of carbonyl (C=O) groups is 1. The summed E-state index contributed by atoms with van der Waals surface area (Å²) in [5, 5.41) is 10.3. The van der Waals surface area contributed by atoms with Crippen LogP contribution < -0.4 is 4.72 Å². The van der Waals surface area contributed by atoms with Crippen molar-refractivity contribution in [2.45, 2.75) is 38.0 Å². The van der Waals surface area contributed by atoms with Crippen LogP contribution in [0.25, 0.3) is 22.0 Å². The van der Waals surface area contributed by atoms with Crippen LogP contribution in [0.2, 0.25) is 0 Å². The molecule has 0 aliphatic carbocycles. The summed E-state index contributed by atoms with van der Waals surface area (Å²) in [4.78, 5) is 15.0. The second-order valence-corrected chi connectivity index (χ2v) is 10.9. The van der Waals surface area contributed by atoms with Gasteiger partial charge in [-0.2, -0.15) is 0 Å². The van der Waals surface area contributed by atoms with Crippen molar-refractivity contribution in [2.24, 2.45) is 0 Å². The highest BCUT2D eigenvalue weighted by Crippen LogP contribution is 2.35. The quantitative estimate of drug-likeness (QED) is 0.342. The number of fused-ring (bicyclic) bond motifs is 1. The van der Waals surface area contributed by atoms with Gasteiger partial charge in [0, 0.05) is 22.2 Å². The molecule has 0 bridgehead atoms. The van der Waals surface area contributed by atoms with Crippen LogP contribution >= 0.6 is 0 Å². The lowest BCUT2D eigenvalue weighted by Crippen LogP contribution is -2.14. The number of aromatic carboxylic acids is 1.